The van der Waals surface area contributed by atoms with E-state index in [1.54, 1.807) is 7.11 Å². The van der Waals surface area contributed by atoms with Gasteiger partial charge in [0.1, 0.15) is 5.41 Å². The molecule has 1 aliphatic rings. The molecule has 1 aromatic carbocycles. The monoisotopic (exact) mass is 291 g/mol. The van der Waals surface area contributed by atoms with Crippen molar-refractivity contribution in [1.82, 2.24) is 4.90 Å². The number of benzene rings is 1. The predicted molar refractivity (Wildman–Crippen MR) is 82.5 cm³/mol. The van der Waals surface area contributed by atoms with Gasteiger partial charge in [0.15, 0.2) is 0 Å². The first-order chi connectivity index (χ1) is 10.1. The zero-order valence-electron chi connectivity index (χ0n) is 12.9. The standard InChI is InChI=1S/C17H25NO3/c1-17(16(19)20,15-6-4-3-5-7-15)13-18-10-8-14(9-11-18)12-21-2/h3-7,14H,8-13H2,1-2H3,(H,19,20). The number of rotatable bonds is 6. The van der Waals surface area contributed by atoms with Gasteiger partial charge in [-0.2, -0.15) is 0 Å². The molecule has 0 radical (unpaired) electrons. The third-order valence-corrected chi connectivity index (χ3v) is 4.53. The topological polar surface area (TPSA) is 49.8 Å². The Morgan fingerprint density at radius 1 is 1.33 bits per heavy atom. The van der Waals surface area contributed by atoms with Gasteiger partial charge in [-0.15, -0.1) is 0 Å². The quantitative estimate of drug-likeness (QED) is 0.874. The van der Waals surface area contributed by atoms with Crippen molar-refractivity contribution in [3.8, 4) is 0 Å². The number of methoxy groups -OCH3 is 1. The molecule has 116 valence electrons. The first kappa shape index (κ1) is 16.0. The number of carboxylic acids is 1. The third-order valence-electron chi connectivity index (χ3n) is 4.53. The molecule has 0 aliphatic carbocycles. The Morgan fingerprint density at radius 3 is 2.48 bits per heavy atom. The van der Waals surface area contributed by atoms with Crippen molar-refractivity contribution in [3.05, 3.63) is 35.9 Å². The number of hydrogen-bond donors (Lipinski definition) is 1. The lowest BCUT2D eigenvalue weighted by molar-refractivity contribution is -0.144. The molecule has 0 saturated carbocycles. The van der Waals surface area contributed by atoms with Crippen molar-refractivity contribution >= 4 is 5.97 Å². The van der Waals surface area contributed by atoms with E-state index in [1.165, 1.54) is 0 Å². The van der Waals surface area contributed by atoms with E-state index in [2.05, 4.69) is 4.90 Å². The fourth-order valence-corrected chi connectivity index (χ4v) is 3.08. The summed E-state index contributed by atoms with van der Waals surface area (Å²) in [4.78, 5) is 14.1. The summed E-state index contributed by atoms with van der Waals surface area (Å²) in [6.07, 6.45) is 2.16. The van der Waals surface area contributed by atoms with Gasteiger partial charge in [-0.1, -0.05) is 30.3 Å². The number of carbonyl (C=O) groups is 1. The van der Waals surface area contributed by atoms with Crippen LogP contribution < -0.4 is 0 Å². The number of nitrogens with zero attached hydrogens (tertiary/aromatic N) is 1. The molecular weight excluding hydrogens is 266 g/mol. The Kier molecular flexibility index (Phi) is 5.37. The molecule has 1 atom stereocenters. The average Bonchev–Trinajstić information content (AvgIpc) is 2.50. The van der Waals surface area contributed by atoms with Crippen LogP contribution in [0.15, 0.2) is 30.3 Å². The summed E-state index contributed by atoms with van der Waals surface area (Å²) < 4.78 is 5.21. The van der Waals surface area contributed by atoms with Crippen LogP contribution in [0.1, 0.15) is 25.3 Å². The Morgan fingerprint density at radius 2 is 1.95 bits per heavy atom. The van der Waals surface area contributed by atoms with Gasteiger partial charge in [0.05, 0.1) is 0 Å². The Hall–Kier alpha value is -1.39. The molecule has 1 N–H and O–H groups in total. The zero-order chi connectivity index (χ0) is 15.3. The molecule has 0 amide bonds. The second-order valence-electron chi connectivity index (χ2n) is 6.18. The lowest BCUT2D eigenvalue weighted by atomic mass is 9.81. The van der Waals surface area contributed by atoms with Gasteiger partial charge in [-0.25, -0.2) is 0 Å². The number of carboxylic acid groups (broad SMARTS) is 1. The summed E-state index contributed by atoms with van der Waals surface area (Å²) in [6, 6.07) is 9.54. The van der Waals surface area contributed by atoms with Crippen molar-refractivity contribution < 1.29 is 14.6 Å². The van der Waals surface area contributed by atoms with Gasteiger partial charge in [0.25, 0.3) is 0 Å². The summed E-state index contributed by atoms with van der Waals surface area (Å²) in [7, 11) is 1.74. The Balaban J connectivity index is 2.03. The minimum Gasteiger partial charge on any atom is -0.481 e. The molecule has 1 aliphatic heterocycles. The first-order valence-electron chi connectivity index (χ1n) is 7.56. The van der Waals surface area contributed by atoms with Crippen LogP contribution in [0, 0.1) is 5.92 Å². The van der Waals surface area contributed by atoms with E-state index in [4.69, 9.17) is 4.74 Å². The molecular formula is C17H25NO3. The van der Waals surface area contributed by atoms with E-state index in [9.17, 15) is 9.90 Å². The maximum atomic E-state index is 11.8. The lowest BCUT2D eigenvalue weighted by Crippen LogP contribution is -2.47. The smallest absolute Gasteiger partial charge is 0.315 e. The van der Waals surface area contributed by atoms with Gasteiger partial charge >= 0.3 is 5.97 Å². The fraction of sp³-hybridized carbons (Fsp3) is 0.588. The van der Waals surface area contributed by atoms with E-state index in [-0.39, 0.29) is 0 Å². The first-order valence-corrected chi connectivity index (χ1v) is 7.56. The van der Waals surface area contributed by atoms with Crippen LogP contribution in [0.3, 0.4) is 0 Å². The average molecular weight is 291 g/mol. The largest absolute Gasteiger partial charge is 0.481 e. The summed E-state index contributed by atoms with van der Waals surface area (Å²) in [5.74, 6) is -0.147. The van der Waals surface area contributed by atoms with Gasteiger partial charge in [-0.3, -0.25) is 4.79 Å². The Labute approximate surface area is 126 Å². The van der Waals surface area contributed by atoms with Crippen LogP contribution in [-0.2, 0) is 14.9 Å². The molecule has 0 spiro atoms. The second-order valence-corrected chi connectivity index (χ2v) is 6.18. The molecule has 0 aromatic heterocycles. The van der Waals surface area contributed by atoms with Crippen LogP contribution >= 0.6 is 0 Å². The zero-order valence-corrected chi connectivity index (χ0v) is 12.9. The number of piperidine rings is 1. The number of likely N-dealkylation sites (tertiary alicyclic amines) is 1. The van der Waals surface area contributed by atoms with Crippen LogP contribution in [-0.4, -0.2) is 49.3 Å². The number of hydrogen-bond acceptors (Lipinski definition) is 3. The number of aliphatic carboxylic acids is 1. The molecule has 21 heavy (non-hydrogen) atoms. The molecule has 1 unspecified atom stereocenters. The minimum atomic E-state index is -0.852. The summed E-state index contributed by atoms with van der Waals surface area (Å²) in [5.41, 5.74) is 0.0199. The van der Waals surface area contributed by atoms with Crippen LogP contribution in [0.2, 0.25) is 0 Å². The van der Waals surface area contributed by atoms with Crippen molar-refractivity contribution in [3.63, 3.8) is 0 Å². The molecule has 0 bridgehead atoms. The maximum Gasteiger partial charge on any atom is 0.315 e. The Bertz CT molecular complexity index is 454. The molecule has 1 aromatic rings. The van der Waals surface area contributed by atoms with E-state index in [0.29, 0.717) is 12.5 Å². The summed E-state index contributed by atoms with van der Waals surface area (Å²) in [5, 5.41) is 9.71. The molecule has 1 fully saturated rings. The van der Waals surface area contributed by atoms with Crippen LogP contribution in [0.5, 0.6) is 0 Å². The highest BCUT2D eigenvalue weighted by Crippen LogP contribution is 2.27. The molecule has 1 saturated heterocycles. The van der Waals surface area contributed by atoms with Crippen LogP contribution in [0.4, 0.5) is 0 Å². The van der Waals surface area contributed by atoms with Crippen molar-refractivity contribution in [2.75, 3.05) is 33.4 Å². The summed E-state index contributed by atoms with van der Waals surface area (Å²) in [6.45, 7) is 5.09. The molecule has 4 nitrogen and oxygen atoms in total. The van der Waals surface area contributed by atoms with E-state index in [1.807, 2.05) is 37.3 Å². The van der Waals surface area contributed by atoms with Crippen molar-refractivity contribution in [1.29, 1.82) is 0 Å². The highest BCUT2D eigenvalue weighted by atomic mass is 16.5. The number of ether oxygens (including phenoxy) is 1. The van der Waals surface area contributed by atoms with E-state index < -0.39 is 11.4 Å². The van der Waals surface area contributed by atoms with Gasteiger partial charge in [-0.05, 0) is 44.3 Å². The highest BCUT2D eigenvalue weighted by molar-refractivity contribution is 5.81. The van der Waals surface area contributed by atoms with E-state index >= 15 is 0 Å². The van der Waals surface area contributed by atoms with Gasteiger partial charge in [0.2, 0.25) is 0 Å². The molecule has 4 heteroatoms. The predicted octanol–water partition coefficient (Wildman–Crippen LogP) is 2.39. The third kappa shape index (κ3) is 3.83. The fourth-order valence-electron chi connectivity index (χ4n) is 3.08. The normalized spacial score (nSPS) is 20.1. The van der Waals surface area contributed by atoms with Gasteiger partial charge < -0.3 is 14.7 Å². The molecule has 1 heterocycles. The molecule has 2 rings (SSSR count). The maximum absolute atomic E-state index is 11.8. The van der Waals surface area contributed by atoms with Crippen molar-refractivity contribution in [2.24, 2.45) is 5.92 Å². The summed E-state index contributed by atoms with van der Waals surface area (Å²) >= 11 is 0. The lowest BCUT2D eigenvalue weighted by Gasteiger charge is -2.37. The highest BCUT2D eigenvalue weighted by Gasteiger charge is 2.37. The second kappa shape index (κ2) is 7.05. The minimum absolute atomic E-state index is 0.562. The SMILES string of the molecule is COCC1CCN(CC(C)(C(=O)O)c2ccccc2)CC1. The van der Waals surface area contributed by atoms with E-state index in [0.717, 1.165) is 38.1 Å². The van der Waals surface area contributed by atoms with Crippen molar-refractivity contribution in [2.45, 2.75) is 25.2 Å². The van der Waals surface area contributed by atoms with Gasteiger partial charge in [0, 0.05) is 20.3 Å². The van der Waals surface area contributed by atoms with Crippen LogP contribution in [0.25, 0.3) is 0 Å².